The lowest BCUT2D eigenvalue weighted by Gasteiger charge is -2.33. The van der Waals surface area contributed by atoms with Crippen LogP contribution < -0.4 is 0 Å². The third-order valence-corrected chi connectivity index (χ3v) is 5.39. The topological polar surface area (TPSA) is 39.3 Å². The van der Waals surface area contributed by atoms with E-state index in [1.165, 1.54) is 12.8 Å². The summed E-state index contributed by atoms with van der Waals surface area (Å²) in [5.74, 6) is 0.733. The summed E-state index contributed by atoms with van der Waals surface area (Å²) in [7, 11) is 2.18. The van der Waals surface area contributed by atoms with Crippen LogP contribution in [0.4, 0.5) is 0 Å². The fourth-order valence-electron chi connectivity index (χ4n) is 3.96. The molecule has 0 unspecified atom stereocenters. The second-order valence-electron chi connectivity index (χ2n) is 6.57. The van der Waals surface area contributed by atoms with Gasteiger partial charge in [-0.2, -0.15) is 0 Å². The first-order valence-electron chi connectivity index (χ1n) is 7.89. The smallest absolute Gasteiger partial charge is 0.270 e. The van der Waals surface area contributed by atoms with Gasteiger partial charge in [-0.3, -0.25) is 4.79 Å². The van der Waals surface area contributed by atoms with Crippen LogP contribution in [0, 0.1) is 5.92 Å². The molecule has 4 nitrogen and oxygen atoms in total. The molecule has 2 aliphatic heterocycles. The number of aromatic amines is 1. The number of carbonyl (C=O) groups excluding carboxylic acids is 1. The molecule has 3 heterocycles. The number of rotatable bonds is 1. The van der Waals surface area contributed by atoms with Crippen molar-refractivity contribution in [2.75, 3.05) is 26.7 Å². The highest BCUT2D eigenvalue weighted by atomic mass is 35.5. The van der Waals surface area contributed by atoms with Crippen LogP contribution in [0.5, 0.6) is 0 Å². The molecule has 1 amide bonds. The van der Waals surface area contributed by atoms with Crippen molar-refractivity contribution in [3.63, 3.8) is 0 Å². The van der Waals surface area contributed by atoms with Gasteiger partial charge in [-0.25, -0.2) is 0 Å². The Morgan fingerprint density at radius 1 is 1.32 bits per heavy atom. The van der Waals surface area contributed by atoms with E-state index in [9.17, 15) is 4.79 Å². The van der Waals surface area contributed by atoms with Crippen LogP contribution in [0.2, 0.25) is 5.02 Å². The van der Waals surface area contributed by atoms with Gasteiger partial charge in [0.1, 0.15) is 5.69 Å². The van der Waals surface area contributed by atoms with Crippen LogP contribution in [0.1, 0.15) is 23.3 Å². The number of halogens is 1. The quantitative estimate of drug-likeness (QED) is 0.878. The normalized spacial score (nSPS) is 25.6. The number of nitrogens with zero attached hydrogens (tertiary/aromatic N) is 2. The molecule has 2 aromatic rings. The molecule has 1 N–H and O–H groups in total. The zero-order valence-corrected chi connectivity index (χ0v) is 13.4. The minimum Gasteiger partial charge on any atom is -0.351 e. The Bertz CT molecular complexity index is 726. The number of carbonyl (C=O) groups is 1. The number of hydrogen-bond acceptors (Lipinski definition) is 2. The SMILES string of the molecule is CN1CCC[C@H]2CN(C(=O)c3cc4cc(Cl)ccc4[nH]3)C[C@H]21. The van der Waals surface area contributed by atoms with E-state index >= 15 is 0 Å². The Morgan fingerprint density at radius 2 is 2.18 bits per heavy atom. The molecule has 22 heavy (non-hydrogen) atoms. The first-order valence-corrected chi connectivity index (χ1v) is 8.27. The summed E-state index contributed by atoms with van der Waals surface area (Å²) in [6.07, 6.45) is 2.48. The maximum Gasteiger partial charge on any atom is 0.270 e. The van der Waals surface area contributed by atoms with E-state index in [2.05, 4.69) is 16.9 Å². The Hall–Kier alpha value is -1.52. The van der Waals surface area contributed by atoms with Gasteiger partial charge < -0.3 is 14.8 Å². The lowest BCUT2D eigenvalue weighted by Crippen LogP contribution is -2.42. The number of likely N-dealkylation sites (tertiary alicyclic amines) is 2. The molecular weight excluding hydrogens is 298 g/mol. The molecule has 0 aliphatic carbocycles. The van der Waals surface area contributed by atoms with Gasteiger partial charge in [-0.1, -0.05) is 11.6 Å². The molecule has 0 spiro atoms. The average molecular weight is 318 g/mol. The van der Waals surface area contributed by atoms with E-state index in [1.807, 2.05) is 29.2 Å². The number of piperidine rings is 1. The fraction of sp³-hybridized carbons (Fsp3) is 0.471. The van der Waals surface area contributed by atoms with Crippen molar-refractivity contribution < 1.29 is 4.79 Å². The molecule has 0 radical (unpaired) electrons. The fourth-order valence-corrected chi connectivity index (χ4v) is 4.14. The van der Waals surface area contributed by atoms with E-state index < -0.39 is 0 Å². The number of aromatic nitrogens is 1. The third-order valence-electron chi connectivity index (χ3n) is 5.16. The Labute approximate surface area is 135 Å². The highest BCUT2D eigenvalue weighted by Crippen LogP contribution is 2.30. The van der Waals surface area contributed by atoms with Gasteiger partial charge in [0.25, 0.3) is 5.91 Å². The number of nitrogens with one attached hydrogen (secondary N) is 1. The largest absolute Gasteiger partial charge is 0.351 e. The molecule has 2 atom stereocenters. The van der Waals surface area contributed by atoms with Gasteiger partial charge in [0.2, 0.25) is 0 Å². The molecule has 4 rings (SSSR count). The summed E-state index contributed by atoms with van der Waals surface area (Å²) < 4.78 is 0. The molecule has 0 saturated carbocycles. The number of amides is 1. The van der Waals surface area contributed by atoms with Crippen LogP contribution >= 0.6 is 11.6 Å². The van der Waals surface area contributed by atoms with Gasteiger partial charge >= 0.3 is 0 Å². The molecule has 2 fully saturated rings. The monoisotopic (exact) mass is 317 g/mol. The van der Waals surface area contributed by atoms with Crippen LogP contribution in [0.25, 0.3) is 10.9 Å². The van der Waals surface area contributed by atoms with Crippen molar-refractivity contribution in [3.8, 4) is 0 Å². The third kappa shape index (κ3) is 2.31. The Balaban J connectivity index is 1.58. The van der Waals surface area contributed by atoms with E-state index in [-0.39, 0.29) is 5.91 Å². The standard InChI is InChI=1S/C17H20ClN3O/c1-20-6-2-3-11-9-21(10-16(11)20)17(22)15-8-12-7-13(18)4-5-14(12)19-15/h4-5,7-8,11,16,19H,2-3,6,9-10H2,1H3/t11-,16+/m0/s1. The van der Waals surface area contributed by atoms with E-state index in [0.29, 0.717) is 22.7 Å². The molecule has 116 valence electrons. The summed E-state index contributed by atoms with van der Waals surface area (Å²) >= 11 is 6.02. The predicted molar refractivity (Wildman–Crippen MR) is 88.4 cm³/mol. The number of hydrogen-bond donors (Lipinski definition) is 1. The van der Waals surface area contributed by atoms with Gasteiger partial charge in [0.05, 0.1) is 0 Å². The van der Waals surface area contributed by atoms with E-state index in [4.69, 9.17) is 11.6 Å². The number of fused-ring (bicyclic) bond motifs is 2. The zero-order chi connectivity index (χ0) is 15.3. The van der Waals surface area contributed by atoms with Crippen LogP contribution in [-0.2, 0) is 0 Å². The summed E-state index contributed by atoms with van der Waals surface area (Å²) in [4.78, 5) is 20.4. The molecule has 0 bridgehead atoms. The Morgan fingerprint density at radius 3 is 3.00 bits per heavy atom. The van der Waals surface area contributed by atoms with Gasteiger partial charge in [0.15, 0.2) is 0 Å². The first kappa shape index (κ1) is 14.1. The van der Waals surface area contributed by atoms with Crippen molar-refractivity contribution in [2.45, 2.75) is 18.9 Å². The minimum absolute atomic E-state index is 0.107. The summed E-state index contributed by atoms with van der Waals surface area (Å²) in [6, 6.07) is 8.09. The molecule has 1 aromatic carbocycles. The van der Waals surface area contributed by atoms with E-state index in [1.54, 1.807) is 0 Å². The van der Waals surface area contributed by atoms with E-state index in [0.717, 1.165) is 30.5 Å². The lowest BCUT2D eigenvalue weighted by molar-refractivity contribution is 0.0776. The summed E-state index contributed by atoms with van der Waals surface area (Å²) in [6.45, 7) is 2.87. The molecule has 2 saturated heterocycles. The first-order chi connectivity index (χ1) is 10.6. The average Bonchev–Trinajstić information content (AvgIpc) is 3.10. The summed E-state index contributed by atoms with van der Waals surface area (Å²) in [5, 5.41) is 1.68. The lowest BCUT2D eigenvalue weighted by atomic mass is 9.93. The van der Waals surface area contributed by atoms with Crippen LogP contribution in [0.3, 0.4) is 0 Å². The van der Waals surface area contributed by atoms with Crippen molar-refractivity contribution in [3.05, 3.63) is 35.0 Å². The zero-order valence-electron chi connectivity index (χ0n) is 12.7. The predicted octanol–water partition coefficient (Wildman–Crippen LogP) is 2.99. The molecule has 5 heteroatoms. The number of likely N-dealkylation sites (N-methyl/N-ethyl adjacent to an activating group) is 1. The summed E-state index contributed by atoms with van der Waals surface area (Å²) in [5.41, 5.74) is 1.63. The molecule has 1 aromatic heterocycles. The van der Waals surface area contributed by atoms with Crippen molar-refractivity contribution in [1.82, 2.24) is 14.8 Å². The number of H-pyrrole nitrogens is 1. The second kappa shape index (κ2) is 5.28. The maximum absolute atomic E-state index is 12.8. The second-order valence-corrected chi connectivity index (χ2v) is 7.01. The van der Waals surface area contributed by atoms with Gasteiger partial charge in [-0.05, 0) is 56.6 Å². The van der Waals surface area contributed by atoms with Crippen molar-refractivity contribution in [2.24, 2.45) is 5.92 Å². The van der Waals surface area contributed by atoms with Crippen molar-refractivity contribution >= 4 is 28.4 Å². The van der Waals surface area contributed by atoms with Gasteiger partial charge in [-0.15, -0.1) is 0 Å². The molecular formula is C17H20ClN3O. The highest BCUT2D eigenvalue weighted by molar-refractivity contribution is 6.31. The van der Waals surface area contributed by atoms with Crippen LogP contribution in [-0.4, -0.2) is 53.4 Å². The van der Waals surface area contributed by atoms with Crippen molar-refractivity contribution in [1.29, 1.82) is 0 Å². The number of benzene rings is 1. The maximum atomic E-state index is 12.8. The van der Waals surface area contributed by atoms with Gasteiger partial charge in [0, 0.05) is 35.1 Å². The van der Waals surface area contributed by atoms with Crippen LogP contribution in [0.15, 0.2) is 24.3 Å². The molecule has 2 aliphatic rings. The Kier molecular flexibility index (Phi) is 3.39. The highest BCUT2D eigenvalue weighted by Gasteiger charge is 2.39. The minimum atomic E-state index is 0.107.